The van der Waals surface area contributed by atoms with Crippen LogP contribution in [0.2, 0.25) is 0 Å². The third kappa shape index (κ3) is 3.50. The van der Waals surface area contributed by atoms with Crippen LogP contribution in [0.4, 0.5) is 0 Å². The highest BCUT2D eigenvalue weighted by Gasteiger charge is 2.12. The minimum atomic E-state index is -0.156. The number of hydrogen-bond donors (Lipinski definition) is 0. The second-order valence-electron chi connectivity index (χ2n) is 4.06. The molecule has 0 aliphatic heterocycles. The van der Waals surface area contributed by atoms with E-state index in [9.17, 15) is 9.59 Å². The topological polar surface area (TPSA) is 43.4 Å². The zero-order valence-electron chi connectivity index (χ0n) is 9.96. The number of carbonyl (C=O) groups is 2. The van der Waals surface area contributed by atoms with Crippen molar-refractivity contribution in [3.63, 3.8) is 0 Å². The van der Waals surface area contributed by atoms with E-state index in [0.717, 1.165) is 6.42 Å². The number of ether oxygens (including phenoxy) is 1. The van der Waals surface area contributed by atoms with Crippen LogP contribution >= 0.6 is 0 Å². The SMILES string of the molecule is O=C1C=CC(=O)C(COCCc2ccccc2)=C1. The molecule has 1 aliphatic rings. The molecule has 0 fully saturated rings. The van der Waals surface area contributed by atoms with Crippen LogP contribution in [0, 0.1) is 0 Å². The van der Waals surface area contributed by atoms with Crippen molar-refractivity contribution in [3.8, 4) is 0 Å². The Morgan fingerprint density at radius 1 is 1.00 bits per heavy atom. The van der Waals surface area contributed by atoms with Gasteiger partial charge in [-0.25, -0.2) is 0 Å². The van der Waals surface area contributed by atoms with Crippen molar-refractivity contribution in [1.82, 2.24) is 0 Å². The first-order valence-electron chi connectivity index (χ1n) is 5.84. The molecule has 0 heterocycles. The van der Waals surface area contributed by atoms with Gasteiger partial charge in [0.15, 0.2) is 11.6 Å². The Bertz CT molecular complexity index is 498. The van der Waals surface area contributed by atoms with E-state index >= 15 is 0 Å². The molecule has 0 bridgehead atoms. The summed E-state index contributed by atoms with van der Waals surface area (Å²) in [6.45, 7) is 0.730. The van der Waals surface area contributed by atoms with Gasteiger partial charge >= 0.3 is 0 Å². The highest BCUT2D eigenvalue weighted by Crippen LogP contribution is 2.06. The van der Waals surface area contributed by atoms with Crippen molar-refractivity contribution in [2.75, 3.05) is 13.2 Å². The van der Waals surface area contributed by atoms with Gasteiger partial charge in [-0.15, -0.1) is 0 Å². The summed E-state index contributed by atoms with van der Waals surface area (Å²) in [5.41, 5.74) is 1.62. The number of benzene rings is 1. The molecular formula is C15H14O3. The fraction of sp³-hybridized carbons (Fsp3) is 0.200. The van der Waals surface area contributed by atoms with Gasteiger partial charge in [0.1, 0.15) is 0 Å². The summed E-state index contributed by atoms with van der Waals surface area (Å²) >= 11 is 0. The Balaban J connectivity index is 1.76. The lowest BCUT2D eigenvalue weighted by molar-refractivity contribution is -0.115. The predicted molar refractivity (Wildman–Crippen MR) is 68.2 cm³/mol. The lowest BCUT2D eigenvalue weighted by Gasteiger charge is -2.08. The van der Waals surface area contributed by atoms with Crippen LogP contribution < -0.4 is 0 Å². The van der Waals surface area contributed by atoms with Gasteiger partial charge in [-0.2, -0.15) is 0 Å². The first-order chi connectivity index (χ1) is 8.75. The maximum absolute atomic E-state index is 11.4. The van der Waals surface area contributed by atoms with Crippen LogP contribution in [-0.4, -0.2) is 24.8 Å². The average Bonchev–Trinajstić information content (AvgIpc) is 2.40. The van der Waals surface area contributed by atoms with Gasteiger partial charge in [0.25, 0.3) is 0 Å². The standard InChI is InChI=1S/C15H14O3/c16-14-6-7-15(17)13(10-14)11-18-9-8-12-4-2-1-3-5-12/h1-7,10H,8-9,11H2. The summed E-state index contributed by atoms with van der Waals surface area (Å²) in [6.07, 6.45) is 4.70. The summed E-state index contributed by atoms with van der Waals surface area (Å²) in [5, 5.41) is 0. The Morgan fingerprint density at radius 3 is 2.56 bits per heavy atom. The molecule has 0 N–H and O–H groups in total. The summed E-state index contributed by atoms with van der Waals surface area (Å²) in [7, 11) is 0. The second-order valence-corrected chi connectivity index (χ2v) is 4.06. The van der Waals surface area contributed by atoms with Crippen molar-refractivity contribution in [1.29, 1.82) is 0 Å². The van der Waals surface area contributed by atoms with E-state index in [1.807, 2.05) is 30.3 Å². The average molecular weight is 242 g/mol. The molecule has 0 aromatic heterocycles. The van der Waals surface area contributed by atoms with Crippen LogP contribution in [0.5, 0.6) is 0 Å². The van der Waals surface area contributed by atoms with Crippen molar-refractivity contribution in [3.05, 3.63) is 59.7 Å². The van der Waals surface area contributed by atoms with Gasteiger partial charge in [-0.1, -0.05) is 30.3 Å². The lowest BCUT2D eigenvalue weighted by atomic mass is 10.0. The Kier molecular flexibility index (Phi) is 4.20. The summed E-state index contributed by atoms with van der Waals surface area (Å²) in [4.78, 5) is 22.5. The molecular weight excluding hydrogens is 228 g/mol. The van der Waals surface area contributed by atoms with Crippen LogP contribution in [0.1, 0.15) is 5.56 Å². The molecule has 0 spiro atoms. The number of ketones is 2. The molecule has 3 nitrogen and oxygen atoms in total. The number of hydrogen-bond acceptors (Lipinski definition) is 3. The van der Waals surface area contributed by atoms with E-state index in [2.05, 4.69) is 0 Å². The van der Waals surface area contributed by atoms with Crippen molar-refractivity contribution in [2.24, 2.45) is 0 Å². The van der Waals surface area contributed by atoms with E-state index in [1.54, 1.807) is 0 Å². The quantitative estimate of drug-likeness (QED) is 0.585. The molecule has 18 heavy (non-hydrogen) atoms. The van der Waals surface area contributed by atoms with Crippen LogP contribution in [0.25, 0.3) is 0 Å². The molecule has 0 radical (unpaired) electrons. The molecule has 0 atom stereocenters. The second kappa shape index (κ2) is 6.07. The number of rotatable bonds is 5. The minimum absolute atomic E-state index is 0.144. The summed E-state index contributed by atoms with van der Waals surface area (Å²) in [6, 6.07) is 9.98. The smallest absolute Gasteiger partial charge is 0.184 e. The van der Waals surface area contributed by atoms with Gasteiger partial charge in [-0.3, -0.25) is 9.59 Å². The van der Waals surface area contributed by atoms with E-state index in [-0.39, 0.29) is 18.2 Å². The maximum atomic E-state index is 11.4. The molecule has 0 unspecified atom stereocenters. The van der Waals surface area contributed by atoms with E-state index in [4.69, 9.17) is 4.74 Å². The molecule has 3 heteroatoms. The fourth-order valence-corrected chi connectivity index (χ4v) is 1.69. The van der Waals surface area contributed by atoms with Crippen molar-refractivity contribution < 1.29 is 14.3 Å². The zero-order chi connectivity index (χ0) is 12.8. The molecule has 1 aromatic rings. The molecule has 0 saturated heterocycles. The van der Waals surface area contributed by atoms with E-state index in [1.165, 1.54) is 23.8 Å². The Morgan fingerprint density at radius 2 is 1.78 bits per heavy atom. The first kappa shape index (κ1) is 12.5. The van der Waals surface area contributed by atoms with Crippen molar-refractivity contribution in [2.45, 2.75) is 6.42 Å². The summed E-state index contributed by atoms with van der Waals surface area (Å²) in [5.74, 6) is -0.300. The van der Waals surface area contributed by atoms with Crippen LogP contribution in [-0.2, 0) is 20.7 Å². The van der Waals surface area contributed by atoms with Crippen LogP contribution in [0.15, 0.2) is 54.1 Å². The highest BCUT2D eigenvalue weighted by molar-refractivity contribution is 6.17. The number of allylic oxidation sites excluding steroid dienone is 3. The number of carbonyl (C=O) groups excluding carboxylic acids is 2. The molecule has 0 saturated carbocycles. The highest BCUT2D eigenvalue weighted by atomic mass is 16.5. The summed E-state index contributed by atoms with van der Waals surface area (Å²) < 4.78 is 5.42. The Labute approximate surface area is 106 Å². The van der Waals surface area contributed by atoms with Gasteiger partial charge < -0.3 is 4.74 Å². The monoisotopic (exact) mass is 242 g/mol. The Hall–Kier alpha value is -2.00. The van der Waals surface area contributed by atoms with E-state index < -0.39 is 0 Å². The maximum Gasteiger partial charge on any atom is 0.184 e. The van der Waals surface area contributed by atoms with Crippen molar-refractivity contribution >= 4 is 11.6 Å². The fourth-order valence-electron chi connectivity index (χ4n) is 1.69. The molecule has 92 valence electrons. The molecule has 2 rings (SSSR count). The molecule has 1 aromatic carbocycles. The van der Waals surface area contributed by atoms with E-state index in [0.29, 0.717) is 12.2 Å². The largest absolute Gasteiger partial charge is 0.376 e. The minimum Gasteiger partial charge on any atom is -0.376 e. The van der Waals surface area contributed by atoms with Crippen LogP contribution in [0.3, 0.4) is 0 Å². The predicted octanol–water partition coefficient (Wildman–Crippen LogP) is 1.88. The third-order valence-corrected chi connectivity index (χ3v) is 2.67. The normalized spacial score (nSPS) is 14.8. The van der Waals surface area contributed by atoms with Gasteiger partial charge in [-0.05, 0) is 30.2 Å². The van der Waals surface area contributed by atoms with Gasteiger partial charge in [0, 0.05) is 5.57 Å². The molecule has 0 amide bonds. The zero-order valence-corrected chi connectivity index (χ0v) is 9.96. The van der Waals surface area contributed by atoms with Gasteiger partial charge in [0.05, 0.1) is 13.2 Å². The third-order valence-electron chi connectivity index (χ3n) is 2.67. The molecule has 1 aliphatic carbocycles. The lowest BCUT2D eigenvalue weighted by Crippen LogP contribution is -2.13. The first-order valence-corrected chi connectivity index (χ1v) is 5.84. The van der Waals surface area contributed by atoms with Gasteiger partial charge in [0.2, 0.25) is 0 Å².